The molecule has 9 heteroatoms. The molecule has 6 rings (SSSR count). The third-order valence-electron chi connectivity index (χ3n) is 6.29. The Morgan fingerprint density at radius 3 is 2.58 bits per heavy atom. The molecule has 196 valence electrons. The van der Waals surface area contributed by atoms with E-state index in [1.807, 2.05) is 72.8 Å². The maximum Gasteiger partial charge on any atom is 0.188 e. The van der Waals surface area contributed by atoms with Crippen LogP contribution in [0.5, 0.6) is 5.75 Å². The molecule has 2 aromatic heterocycles. The van der Waals surface area contributed by atoms with Gasteiger partial charge in [-0.25, -0.2) is 9.97 Å². The Morgan fingerprint density at radius 1 is 0.925 bits per heavy atom. The van der Waals surface area contributed by atoms with E-state index in [1.54, 1.807) is 24.4 Å². The van der Waals surface area contributed by atoms with Crippen molar-refractivity contribution < 1.29 is 14.7 Å². The summed E-state index contributed by atoms with van der Waals surface area (Å²) in [5, 5.41) is 15.5. The van der Waals surface area contributed by atoms with Crippen molar-refractivity contribution in [3.8, 4) is 5.75 Å². The Hall–Kier alpha value is -4.72. The Morgan fingerprint density at radius 2 is 1.75 bits per heavy atom. The number of ether oxygens (including phenoxy) is 2. The molecule has 0 unspecified atom stereocenters. The highest BCUT2D eigenvalue weighted by Crippen LogP contribution is 2.42. The lowest BCUT2D eigenvalue weighted by Crippen LogP contribution is -2.25. The summed E-state index contributed by atoms with van der Waals surface area (Å²) in [6, 6.07) is 26.0. The van der Waals surface area contributed by atoms with E-state index in [1.165, 1.54) is 6.33 Å². The first kappa shape index (κ1) is 25.6. The Labute approximate surface area is 239 Å². The predicted octanol–water partition coefficient (Wildman–Crippen LogP) is 7.57. The van der Waals surface area contributed by atoms with Crippen LogP contribution in [0.2, 0.25) is 10.0 Å². The number of benzene rings is 3. The topological polar surface area (TPSA) is 89.7 Å². The van der Waals surface area contributed by atoms with E-state index in [-0.39, 0.29) is 12.3 Å². The quantitative estimate of drug-likeness (QED) is 0.168. The third-order valence-corrected chi connectivity index (χ3v) is 6.88. The average molecular weight is 567 g/mol. The molecule has 3 heterocycles. The van der Waals surface area contributed by atoms with Crippen molar-refractivity contribution in [3.63, 3.8) is 0 Å². The molecule has 5 aromatic rings. The van der Waals surface area contributed by atoms with E-state index in [9.17, 15) is 5.21 Å². The first-order chi connectivity index (χ1) is 19.6. The standard InChI is InChI=1S/C31H20Cl2N4O3/c32-20-13-12-19(24(33)15-20)17-39-26-11-4-2-9-23(26)28(29-22-8-1-3-10-25(22)35-18-36-29)31-30(37-38)27(40-31)16-21-7-5-6-14-34-21/h1-16,18,38H,17H2/b27-16-,31-28-,37-30+. The van der Waals surface area contributed by atoms with Gasteiger partial charge in [-0.2, -0.15) is 0 Å². The van der Waals surface area contributed by atoms with E-state index in [0.29, 0.717) is 49.8 Å². The summed E-state index contributed by atoms with van der Waals surface area (Å²) >= 11 is 12.5. The Kier molecular flexibility index (Phi) is 7.14. The van der Waals surface area contributed by atoms with Gasteiger partial charge < -0.3 is 14.7 Å². The van der Waals surface area contributed by atoms with Gasteiger partial charge in [-0.05, 0) is 36.4 Å². The van der Waals surface area contributed by atoms with Crippen LogP contribution in [0.1, 0.15) is 22.5 Å². The number of pyridine rings is 1. The minimum atomic E-state index is 0.201. The fraction of sp³-hybridized carbons (Fsp3) is 0.0323. The molecule has 1 saturated heterocycles. The van der Waals surface area contributed by atoms with E-state index < -0.39 is 0 Å². The molecular formula is C31H20Cl2N4O3. The first-order valence-corrected chi connectivity index (χ1v) is 13.0. The highest BCUT2D eigenvalue weighted by atomic mass is 35.5. The Bertz CT molecular complexity index is 1820. The zero-order valence-electron chi connectivity index (χ0n) is 20.8. The van der Waals surface area contributed by atoms with Crippen molar-refractivity contribution in [1.82, 2.24) is 15.0 Å². The summed E-state index contributed by atoms with van der Waals surface area (Å²) in [5.41, 5.74) is 4.32. The van der Waals surface area contributed by atoms with E-state index in [4.69, 9.17) is 32.7 Å². The number of hydrogen-bond acceptors (Lipinski definition) is 7. The third kappa shape index (κ3) is 5.00. The molecule has 0 radical (unpaired) electrons. The smallest absolute Gasteiger partial charge is 0.188 e. The van der Waals surface area contributed by atoms with E-state index in [2.05, 4.69) is 20.1 Å². The second kappa shape index (κ2) is 11.2. The number of rotatable bonds is 6. The molecule has 0 bridgehead atoms. The number of oxime groups is 1. The molecule has 0 spiro atoms. The number of aromatic nitrogens is 3. The van der Waals surface area contributed by atoms with Gasteiger partial charge in [0.2, 0.25) is 0 Å². The molecular weight excluding hydrogens is 547 g/mol. The van der Waals surface area contributed by atoms with Gasteiger partial charge in [0.25, 0.3) is 0 Å². The minimum Gasteiger partial charge on any atom is -0.488 e. The van der Waals surface area contributed by atoms with Gasteiger partial charge in [0, 0.05) is 38.8 Å². The van der Waals surface area contributed by atoms with E-state index in [0.717, 1.165) is 16.5 Å². The maximum absolute atomic E-state index is 10.1. The van der Waals surface area contributed by atoms with Gasteiger partial charge in [-0.1, -0.05) is 76.9 Å². The van der Waals surface area contributed by atoms with Crippen LogP contribution in [-0.4, -0.2) is 25.9 Å². The minimum absolute atomic E-state index is 0.201. The lowest BCUT2D eigenvalue weighted by atomic mass is 9.93. The molecule has 1 N–H and O–H groups in total. The van der Waals surface area contributed by atoms with Crippen molar-refractivity contribution in [1.29, 1.82) is 0 Å². The summed E-state index contributed by atoms with van der Waals surface area (Å²) < 4.78 is 12.5. The summed E-state index contributed by atoms with van der Waals surface area (Å²) in [6.45, 7) is 0.201. The van der Waals surface area contributed by atoms with Crippen molar-refractivity contribution in [3.05, 3.63) is 142 Å². The molecule has 0 atom stereocenters. The molecule has 0 saturated carbocycles. The zero-order chi connectivity index (χ0) is 27.5. The molecule has 1 aliphatic rings. The highest BCUT2D eigenvalue weighted by Gasteiger charge is 2.35. The Balaban J connectivity index is 1.49. The van der Waals surface area contributed by atoms with Crippen molar-refractivity contribution in [2.45, 2.75) is 6.61 Å². The lowest BCUT2D eigenvalue weighted by molar-refractivity contribution is 0.276. The lowest BCUT2D eigenvalue weighted by Gasteiger charge is -2.28. The summed E-state index contributed by atoms with van der Waals surface area (Å²) in [6.07, 6.45) is 4.88. The van der Waals surface area contributed by atoms with Gasteiger partial charge in [-0.15, -0.1) is 0 Å². The number of para-hydroxylation sites is 2. The number of fused-ring (bicyclic) bond motifs is 1. The summed E-state index contributed by atoms with van der Waals surface area (Å²) in [7, 11) is 0. The molecule has 1 fully saturated rings. The second-order valence-electron chi connectivity index (χ2n) is 8.78. The van der Waals surface area contributed by atoms with Crippen LogP contribution < -0.4 is 4.74 Å². The molecule has 0 aliphatic carbocycles. The zero-order valence-corrected chi connectivity index (χ0v) is 22.3. The van der Waals surface area contributed by atoms with Gasteiger partial charge in [0.1, 0.15) is 18.7 Å². The molecule has 0 amide bonds. The van der Waals surface area contributed by atoms with Crippen LogP contribution in [0.25, 0.3) is 22.6 Å². The fourth-order valence-electron chi connectivity index (χ4n) is 4.38. The van der Waals surface area contributed by atoms with Crippen LogP contribution in [0.4, 0.5) is 0 Å². The summed E-state index contributed by atoms with van der Waals surface area (Å²) in [4.78, 5) is 13.4. The molecule has 40 heavy (non-hydrogen) atoms. The van der Waals surface area contributed by atoms with Crippen LogP contribution in [0, 0.1) is 0 Å². The SMILES string of the molecule is O/N=C1C(=C\c2ccccn2)\OC\1=C(\c1ccccc1OCc1ccc(Cl)cc1Cl)c1ncnc2ccccc12. The van der Waals surface area contributed by atoms with Crippen molar-refractivity contribution in [2.24, 2.45) is 5.16 Å². The van der Waals surface area contributed by atoms with Crippen LogP contribution in [-0.2, 0) is 11.3 Å². The summed E-state index contributed by atoms with van der Waals surface area (Å²) in [5.74, 6) is 1.27. The largest absolute Gasteiger partial charge is 0.488 e. The fourth-order valence-corrected chi connectivity index (χ4v) is 4.85. The average Bonchev–Trinajstić information content (AvgIpc) is 2.97. The van der Waals surface area contributed by atoms with Crippen molar-refractivity contribution in [2.75, 3.05) is 0 Å². The molecule has 3 aromatic carbocycles. The first-order valence-electron chi connectivity index (χ1n) is 12.3. The van der Waals surface area contributed by atoms with Crippen LogP contribution in [0.3, 0.4) is 0 Å². The number of halogens is 2. The predicted molar refractivity (Wildman–Crippen MR) is 155 cm³/mol. The number of hydrogen-bond donors (Lipinski definition) is 1. The van der Waals surface area contributed by atoms with Crippen LogP contribution >= 0.6 is 23.2 Å². The van der Waals surface area contributed by atoms with E-state index >= 15 is 0 Å². The van der Waals surface area contributed by atoms with Gasteiger partial charge >= 0.3 is 0 Å². The van der Waals surface area contributed by atoms with Gasteiger partial charge in [0.15, 0.2) is 17.2 Å². The molecule has 7 nitrogen and oxygen atoms in total. The van der Waals surface area contributed by atoms with Gasteiger partial charge in [0.05, 0.1) is 22.5 Å². The number of nitrogens with zero attached hydrogens (tertiary/aromatic N) is 4. The van der Waals surface area contributed by atoms with Crippen LogP contribution in [0.15, 0.2) is 114 Å². The second-order valence-corrected chi connectivity index (χ2v) is 9.62. The maximum atomic E-state index is 10.1. The highest BCUT2D eigenvalue weighted by molar-refractivity contribution is 6.35. The van der Waals surface area contributed by atoms with Crippen molar-refractivity contribution >= 4 is 51.5 Å². The van der Waals surface area contributed by atoms with Gasteiger partial charge in [-0.3, -0.25) is 4.98 Å². The normalized spacial score (nSPS) is 16.1. The monoisotopic (exact) mass is 566 g/mol. The molecule has 1 aliphatic heterocycles.